The van der Waals surface area contributed by atoms with Crippen LogP contribution in [0.5, 0.6) is 0 Å². The molecule has 0 aliphatic carbocycles. The third-order valence-corrected chi connectivity index (χ3v) is 0.623. The highest BCUT2D eigenvalue weighted by atomic mass is 16.3. The average Bonchev–Trinajstić information content (AvgIpc) is 2.37. The molecule has 0 saturated heterocycles. The van der Waals surface area contributed by atoms with Crippen LogP contribution in [0.2, 0.25) is 0 Å². The zero-order valence-corrected chi connectivity index (χ0v) is 4.13. The topological polar surface area (TPSA) is 90.1 Å². The van der Waals surface area contributed by atoms with Gasteiger partial charge in [0.2, 0.25) is 0 Å². The highest BCUT2D eigenvalue weighted by Crippen LogP contribution is 1.79. The normalized spacial score (nSPS) is 8.89. The lowest BCUT2D eigenvalue weighted by Gasteiger charge is -1.80. The van der Waals surface area contributed by atoms with Crippen LogP contribution in [0.15, 0.2) is 11.5 Å². The third kappa shape index (κ3) is 0.929. The van der Waals surface area contributed by atoms with Crippen LogP contribution in [0.25, 0.3) is 0 Å². The SMILES string of the molecule is O=NC(=O)n1cnnn1. The molecule has 0 aliphatic rings. The van der Waals surface area contributed by atoms with Crippen molar-refractivity contribution < 1.29 is 4.79 Å². The van der Waals surface area contributed by atoms with Gasteiger partial charge >= 0.3 is 6.03 Å². The number of carbonyl (C=O) groups is 1. The van der Waals surface area contributed by atoms with E-state index in [4.69, 9.17) is 0 Å². The number of aromatic nitrogens is 4. The first-order chi connectivity index (χ1) is 4.34. The van der Waals surface area contributed by atoms with Crippen molar-refractivity contribution in [3.8, 4) is 0 Å². The maximum Gasteiger partial charge on any atom is 0.408 e. The first kappa shape index (κ1) is 5.48. The van der Waals surface area contributed by atoms with Gasteiger partial charge in [-0.1, -0.05) is 0 Å². The number of hydrogen-bond donors (Lipinski definition) is 0. The summed E-state index contributed by atoms with van der Waals surface area (Å²) in [6.45, 7) is 0. The van der Waals surface area contributed by atoms with Crippen molar-refractivity contribution in [3.63, 3.8) is 0 Å². The fourth-order valence-electron chi connectivity index (χ4n) is 0.291. The Balaban J connectivity index is 2.89. The van der Waals surface area contributed by atoms with Gasteiger partial charge in [-0.2, -0.15) is 0 Å². The van der Waals surface area contributed by atoms with E-state index in [0.29, 0.717) is 4.68 Å². The second kappa shape index (κ2) is 2.07. The molecule has 0 fully saturated rings. The number of rotatable bonds is 0. The highest BCUT2D eigenvalue weighted by Gasteiger charge is 2.02. The van der Waals surface area contributed by atoms with Crippen LogP contribution >= 0.6 is 0 Å². The molecule has 0 aromatic carbocycles. The Bertz CT molecular complexity index is 215. The van der Waals surface area contributed by atoms with E-state index in [9.17, 15) is 9.70 Å². The number of tetrazole rings is 1. The van der Waals surface area contributed by atoms with E-state index in [0.717, 1.165) is 6.33 Å². The fraction of sp³-hybridized carbons (Fsp3) is 0. The van der Waals surface area contributed by atoms with E-state index in [2.05, 4.69) is 20.7 Å². The van der Waals surface area contributed by atoms with Crippen LogP contribution in [0.1, 0.15) is 0 Å². The van der Waals surface area contributed by atoms with Crippen molar-refractivity contribution in [2.24, 2.45) is 5.18 Å². The van der Waals surface area contributed by atoms with E-state index >= 15 is 0 Å². The van der Waals surface area contributed by atoms with E-state index in [-0.39, 0.29) is 0 Å². The molecule has 0 bridgehead atoms. The van der Waals surface area contributed by atoms with Crippen LogP contribution in [0, 0.1) is 4.91 Å². The van der Waals surface area contributed by atoms with Gasteiger partial charge in [0.1, 0.15) is 6.33 Å². The van der Waals surface area contributed by atoms with Gasteiger partial charge < -0.3 is 0 Å². The Morgan fingerprint density at radius 1 is 1.67 bits per heavy atom. The summed E-state index contributed by atoms with van der Waals surface area (Å²) in [6.07, 6.45) is 0.990. The second-order valence-electron chi connectivity index (χ2n) is 1.13. The van der Waals surface area contributed by atoms with Crippen LogP contribution < -0.4 is 0 Å². The molecular formula is C2HN5O2. The quantitative estimate of drug-likeness (QED) is 0.343. The molecule has 9 heavy (non-hydrogen) atoms. The predicted octanol–water partition coefficient (Wildman–Crippen LogP) is -0.592. The summed E-state index contributed by atoms with van der Waals surface area (Å²) < 4.78 is 0.632. The molecule has 1 rings (SSSR count). The Labute approximate surface area is 48.6 Å². The molecule has 7 heteroatoms. The van der Waals surface area contributed by atoms with E-state index < -0.39 is 6.03 Å². The lowest BCUT2D eigenvalue weighted by atomic mass is 11.0. The summed E-state index contributed by atoms with van der Waals surface area (Å²) in [5.74, 6) is 0. The fourth-order valence-corrected chi connectivity index (χ4v) is 0.291. The van der Waals surface area contributed by atoms with Crippen LogP contribution in [0.4, 0.5) is 4.79 Å². The molecule has 0 atom stereocenters. The smallest absolute Gasteiger partial charge is 0.240 e. The maximum absolute atomic E-state index is 10.2. The third-order valence-electron chi connectivity index (χ3n) is 0.623. The number of nitroso groups, excluding NO2 is 1. The zero-order valence-electron chi connectivity index (χ0n) is 4.13. The Morgan fingerprint density at radius 2 is 2.44 bits per heavy atom. The molecule has 0 N–H and O–H groups in total. The standard InChI is InChI=1S/C2HN5O2/c8-2(4-9)7-1-3-5-6-7/h1H. The largest absolute Gasteiger partial charge is 0.408 e. The molecule has 0 aliphatic heterocycles. The molecule has 0 radical (unpaired) electrons. The van der Waals surface area contributed by atoms with E-state index in [1.54, 1.807) is 0 Å². The van der Waals surface area contributed by atoms with Gasteiger partial charge in [0, 0.05) is 5.18 Å². The lowest BCUT2D eigenvalue weighted by molar-refractivity contribution is 0.247. The number of nitrogens with zero attached hydrogens (tertiary/aromatic N) is 5. The molecule has 0 unspecified atom stereocenters. The Morgan fingerprint density at radius 3 is 2.89 bits per heavy atom. The minimum atomic E-state index is -1.03. The highest BCUT2D eigenvalue weighted by molar-refractivity contribution is 5.75. The van der Waals surface area contributed by atoms with E-state index in [1.807, 2.05) is 0 Å². The van der Waals surface area contributed by atoms with Crippen LogP contribution in [0.3, 0.4) is 0 Å². The summed E-state index contributed by atoms with van der Waals surface area (Å²) in [6, 6.07) is -1.03. The van der Waals surface area contributed by atoms with Gasteiger partial charge in [-0.05, 0) is 10.4 Å². The van der Waals surface area contributed by atoms with Crippen molar-refractivity contribution in [1.29, 1.82) is 0 Å². The maximum atomic E-state index is 10.2. The molecule has 0 saturated carbocycles. The Kier molecular flexibility index (Phi) is 1.26. The van der Waals surface area contributed by atoms with Gasteiger partial charge in [0.25, 0.3) is 0 Å². The first-order valence-corrected chi connectivity index (χ1v) is 1.95. The van der Waals surface area contributed by atoms with Crippen LogP contribution in [-0.4, -0.2) is 26.2 Å². The van der Waals surface area contributed by atoms with E-state index in [1.165, 1.54) is 0 Å². The minimum absolute atomic E-state index is 0.632. The average molecular weight is 127 g/mol. The van der Waals surface area contributed by atoms with Crippen molar-refractivity contribution in [2.45, 2.75) is 0 Å². The van der Waals surface area contributed by atoms with Gasteiger partial charge in [-0.25, -0.2) is 4.79 Å². The molecular weight excluding hydrogens is 126 g/mol. The second-order valence-corrected chi connectivity index (χ2v) is 1.13. The number of hydrogen-bond acceptors (Lipinski definition) is 5. The molecule has 1 amide bonds. The zero-order chi connectivity index (χ0) is 6.69. The molecule has 1 heterocycles. The summed E-state index contributed by atoms with van der Waals surface area (Å²) in [4.78, 5) is 19.7. The summed E-state index contributed by atoms with van der Waals surface area (Å²) >= 11 is 0. The summed E-state index contributed by atoms with van der Waals surface area (Å²) in [5, 5.41) is 11.4. The van der Waals surface area contributed by atoms with Crippen molar-refractivity contribution in [3.05, 3.63) is 11.2 Å². The monoisotopic (exact) mass is 127 g/mol. The number of amides is 1. The van der Waals surface area contributed by atoms with Crippen LogP contribution in [-0.2, 0) is 0 Å². The van der Waals surface area contributed by atoms with Gasteiger partial charge in [-0.15, -0.1) is 14.7 Å². The van der Waals surface area contributed by atoms with Gasteiger partial charge in [0.05, 0.1) is 0 Å². The summed E-state index contributed by atoms with van der Waals surface area (Å²) in [7, 11) is 0. The number of carbonyl (C=O) groups excluding carboxylic acids is 1. The molecule has 7 nitrogen and oxygen atoms in total. The van der Waals surface area contributed by atoms with Crippen molar-refractivity contribution in [1.82, 2.24) is 20.2 Å². The molecule has 1 aromatic rings. The van der Waals surface area contributed by atoms with Gasteiger partial charge in [0.15, 0.2) is 0 Å². The lowest BCUT2D eigenvalue weighted by Crippen LogP contribution is -2.05. The predicted molar refractivity (Wildman–Crippen MR) is 24.4 cm³/mol. The molecule has 46 valence electrons. The Hall–Kier alpha value is -1.66. The van der Waals surface area contributed by atoms with Crippen molar-refractivity contribution in [2.75, 3.05) is 0 Å². The molecule has 0 spiro atoms. The van der Waals surface area contributed by atoms with Gasteiger partial charge in [-0.3, -0.25) is 0 Å². The molecule has 1 aromatic heterocycles. The first-order valence-electron chi connectivity index (χ1n) is 1.95. The van der Waals surface area contributed by atoms with Crippen molar-refractivity contribution >= 4 is 6.03 Å². The summed E-state index contributed by atoms with van der Waals surface area (Å²) in [5.41, 5.74) is 0. The minimum Gasteiger partial charge on any atom is -0.240 e.